The highest BCUT2D eigenvalue weighted by Gasteiger charge is 2.32. The molecule has 0 aliphatic carbocycles. The fourth-order valence-electron chi connectivity index (χ4n) is 2.37. The van der Waals surface area contributed by atoms with Crippen LogP contribution in [0.2, 0.25) is 5.02 Å². The highest BCUT2D eigenvalue weighted by atomic mass is 35.5. The maximum atomic E-state index is 11.8. The average molecular weight is 286 g/mol. The van der Waals surface area contributed by atoms with Gasteiger partial charge >= 0.3 is 0 Å². The Hall–Kier alpha value is -1.14. The number of hydrogen-bond acceptors (Lipinski definition) is 4. The van der Waals surface area contributed by atoms with Crippen molar-refractivity contribution in [2.45, 2.75) is 24.6 Å². The molecule has 1 aliphatic heterocycles. The first-order valence-electron chi connectivity index (χ1n) is 5.77. The minimum absolute atomic E-state index is 0.276. The van der Waals surface area contributed by atoms with Crippen molar-refractivity contribution >= 4 is 32.5 Å². The summed E-state index contributed by atoms with van der Waals surface area (Å²) >= 11 is 6.11. The molecule has 2 heterocycles. The summed E-state index contributed by atoms with van der Waals surface area (Å²) in [6.07, 6.45) is 1.42. The zero-order chi connectivity index (χ0) is 12.8. The van der Waals surface area contributed by atoms with Crippen molar-refractivity contribution in [1.29, 1.82) is 0 Å². The molecule has 5 nitrogen and oxygen atoms in total. The lowest BCUT2D eigenvalue weighted by molar-refractivity contribution is 0.540. The Labute approximate surface area is 110 Å². The Morgan fingerprint density at radius 1 is 1.44 bits per heavy atom. The molecule has 0 N–H and O–H groups in total. The van der Waals surface area contributed by atoms with E-state index in [4.69, 9.17) is 11.6 Å². The fraction of sp³-hybridized carbons (Fsp3) is 0.455. The number of sulfone groups is 1. The number of benzene rings is 1. The van der Waals surface area contributed by atoms with E-state index in [2.05, 4.69) is 10.3 Å². The van der Waals surface area contributed by atoms with Gasteiger partial charge in [-0.2, -0.15) is 0 Å². The predicted octanol–water partition coefficient (Wildman–Crippen LogP) is 1.66. The third-order valence-corrected chi connectivity index (χ3v) is 5.89. The molecule has 0 radical (unpaired) electrons. The molecule has 96 valence electrons. The normalized spacial score (nSPS) is 22.6. The standard InChI is InChI=1S/C11H12ClN3O2S/c12-9-4-1-5-10-11(9)15(14-13-10)7-8-3-2-6-18(8,16)17/h1,4-5,8H,2-3,6-7H2. The van der Waals surface area contributed by atoms with E-state index >= 15 is 0 Å². The molecule has 7 heteroatoms. The zero-order valence-corrected chi connectivity index (χ0v) is 11.2. The second kappa shape index (κ2) is 4.20. The molecule has 1 fully saturated rings. The second-order valence-corrected chi connectivity index (χ2v) is 7.32. The molecule has 0 amide bonds. The first-order valence-corrected chi connectivity index (χ1v) is 7.86. The SMILES string of the molecule is O=S1(=O)CCCC1Cn1nnc2cccc(Cl)c21. The third-order valence-electron chi connectivity index (χ3n) is 3.32. The van der Waals surface area contributed by atoms with Crippen LogP contribution in [0.25, 0.3) is 11.0 Å². The maximum Gasteiger partial charge on any atom is 0.154 e. The molecule has 1 atom stereocenters. The van der Waals surface area contributed by atoms with Crippen LogP contribution in [-0.2, 0) is 16.4 Å². The molecule has 1 unspecified atom stereocenters. The summed E-state index contributed by atoms with van der Waals surface area (Å²) in [5.74, 6) is 0.276. The molecule has 1 aromatic carbocycles. The molecule has 3 rings (SSSR count). The molecule has 0 saturated carbocycles. The van der Waals surface area contributed by atoms with Crippen molar-refractivity contribution < 1.29 is 8.42 Å². The lowest BCUT2D eigenvalue weighted by Crippen LogP contribution is -2.22. The first-order chi connectivity index (χ1) is 8.58. The van der Waals surface area contributed by atoms with Crippen molar-refractivity contribution in [2.24, 2.45) is 0 Å². The van der Waals surface area contributed by atoms with Crippen molar-refractivity contribution in [1.82, 2.24) is 15.0 Å². The van der Waals surface area contributed by atoms with Crippen molar-refractivity contribution in [3.05, 3.63) is 23.2 Å². The van der Waals surface area contributed by atoms with E-state index in [-0.39, 0.29) is 11.0 Å². The van der Waals surface area contributed by atoms with Gasteiger partial charge in [0, 0.05) is 0 Å². The highest BCUT2D eigenvalue weighted by molar-refractivity contribution is 7.92. The smallest absolute Gasteiger partial charge is 0.154 e. The Balaban J connectivity index is 2.01. The summed E-state index contributed by atoms with van der Waals surface area (Å²) < 4.78 is 25.2. The van der Waals surface area contributed by atoms with E-state index in [9.17, 15) is 8.42 Å². The number of rotatable bonds is 2. The van der Waals surface area contributed by atoms with Gasteiger partial charge in [0.1, 0.15) is 11.0 Å². The van der Waals surface area contributed by atoms with Crippen LogP contribution in [0.3, 0.4) is 0 Å². The number of halogens is 1. The number of para-hydroxylation sites is 1. The van der Waals surface area contributed by atoms with E-state index in [0.29, 0.717) is 29.0 Å². The van der Waals surface area contributed by atoms with Crippen LogP contribution in [0.1, 0.15) is 12.8 Å². The third kappa shape index (κ3) is 1.89. The lowest BCUT2D eigenvalue weighted by atomic mass is 10.2. The van der Waals surface area contributed by atoms with Gasteiger partial charge < -0.3 is 0 Å². The molecular weight excluding hydrogens is 274 g/mol. The van der Waals surface area contributed by atoms with E-state index < -0.39 is 9.84 Å². The predicted molar refractivity (Wildman–Crippen MR) is 69.3 cm³/mol. The van der Waals surface area contributed by atoms with Crippen LogP contribution in [0, 0.1) is 0 Å². The lowest BCUT2D eigenvalue weighted by Gasteiger charge is -2.09. The van der Waals surface area contributed by atoms with Crippen LogP contribution in [0.5, 0.6) is 0 Å². The molecule has 1 aliphatic rings. The molecule has 18 heavy (non-hydrogen) atoms. The highest BCUT2D eigenvalue weighted by Crippen LogP contribution is 2.25. The van der Waals surface area contributed by atoms with Crippen LogP contribution >= 0.6 is 11.6 Å². The van der Waals surface area contributed by atoms with Crippen molar-refractivity contribution in [3.63, 3.8) is 0 Å². The van der Waals surface area contributed by atoms with E-state index in [1.807, 2.05) is 6.07 Å². The van der Waals surface area contributed by atoms with Gasteiger partial charge in [0.2, 0.25) is 0 Å². The molecule has 0 spiro atoms. The van der Waals surface area contributed by atoms with Crippen molar-refractivity contribution in [3.8, 4) is 0 Å². The maximum absolute atomic E-state index is 11.8. The molecule has 1 aromatic heterocycles. The zero-order valence-electron chi connectivity index (χ0n) is 9.58. The summed E-state index contributed by atoms with van der Waals surface area (Å²) in [5, 5.41) is 8.19. The second-order valence-electron chi connectivity index (χ2n) is 4.51. The fourth-order valence-corrected chi connectivity index (χ4v) is 4.43. The van der Waals surface area contributed by atoms with E-state index in [1.165, 1.54) is 0 Å². The number of fused-ring (bicyclic) bond motifs is 1. The number of hydrogen-bond donors (Lipinski definition) is 0. The first kappa shape index (κ1) is 11.9. The van der Waals surface area contributed by atoms with Crippen molar-refractivity contribution in [2.75, 3.05) is 5.75 Å². The Morgan fingerprint density at radius 3 is 3.00 bits per heavy atom. The molecule has 0 bridgehead atoms. The van der Waals surface area contributed by atoms with Gasteiger partial charge in [-0.25, -0.2) is 13.1 Å². The quantitative estimate of drug-likeness (QED) is 0.842. The minimum atomic E-state index is -2.98. The number of aromatic nitrogens is 3. The van der Waals surface area contributed by atoms with Gasteiger partial charge in [-0.1, -0.05) is 22.9 Å². The van der Waals surface area contributed by atoms with Gasteiger partial charge in [-0.15, -0.1) is 5.10 Å². The Morgan fingerprint density at radius 2 is 2.28 bits per heavy atom. The monoisotopic (exact) mass is 285 g/mol. The van der Waals surface area contributed by atoms with Crippen LogP contribution in [0.15, 0.2) is 18.2 Å². The average Bonchev–Trinajstić information content (AvgIpc) is 2.85. The summed E-state index contributed by atoms with van der Waals surface area (Å²) in [4.78, 5) is 0. The van der Waals surface area contributed by atoms with Crippen LogP contribution < -0.4 is 0 Å². The summed E-state index contributed by atoms with van der Waals surface area (Å²) in [7, 11) is -2.98. The Kier molecular flexibility index (Phi) is 2.79. The van der Waals surface area contributed by atoms with E-state index in [1.54, 1.807) is 16.8 Å². The topological polar surface area (TPSA) is 64.8 Å². The Bertz CT molecular complexity index is 695. The van der Waals surface area contributed by atoms with Crippen LogP contribution in [0.4, 0.5) is 0 Å². The van der Waals surface area contributed by atoms with E-state index in [0.717, 1.165) is 6.42 Å². The summed E-state index contributed by atoms with van der Waals surface area (Å²) in [6, 6.07) is 5.37. The van der Waals surface area contributed by atoms with Gasteiger partial charge in [0.15, 0.2) is 9.84 Å². The molecule has 1 saturated heterocycles. The van der Waals surface area contributed by atoms with Gasteiger partial charge in [-0.3, -0.25) is 0 Å². The number of nitrogens with zero attached hydrogens (tertiary/aromatic N) is 3. The summed E-state index contributed by atoms with van der Waals surface area (Å²) in [5.41, 5.74) is 1.40. The van der Waals surface area contributed by atoms with Gasteiger partial charge in [0.25, 0.3) is 0 Å². The molecular formula is C11H12ClN3O2S. The van der Waals surface area contributed by atoms with Crippen LogP contribution in [-0.4, -0.2) is 34.4 Å². The van der Waals surface area contributed by atoms with Gasteiger partial charge in [-0.05, 0) is 25.0 Å². The largest absolute Gasteiger partial charge is 0.242 e. The molecule has 2 aromatic rings. The minimum Gasteiger partial charge on any atom is -0.242 e. The van der Waals surface area contributed by atoms with Gasteiger partial charge in [0.05, 0.1) is 22.6 Å². The summed E-state index contributed by atoms with van der Waals surface area (Å²) in [6.45, 7) is 0.336.